The van der Waals surface area contributed by atoms with Crippen molar-refractivity contribution in [3.8, 4) is 5.75 Å². The second-order valence-corrected chi connectivity index (χ2v) is 6.52. The van der Waals surface area contributed by atoms with Crippen LogP contribution in [0, 0.1) is 0 Å². The Kier molecular flexibility index (Phi) is 3.36. The minimum absolute atomic E-state index is 0.0505. The molecule has 0 saturated carbocycles. The van der Waals surface area contributed by atoms with Gasteiger partial charge in [0.25, 0.3) is 5.91 Å². The first-order chi connectivity index (χ1) is 9.54. The van der Waals surface area contributed by atoms with Crippen molar-refractivity contribution < 1.29 is 17.9 Å². The molecule has 1 aromatic rings. The van der Waals surface area contributed by atoms with Crippen molar-refractivity contribution in [3.63, 3.8) is 0 Å². The lowest BCUT2D eigenvalue weighted by atomic mass is 10.2. The molecule has 7 nitrogen and oxygen atoms in total. The van der Waals surface area contributed by atoms with Crippen LogP contribution >= 0.6 is 0 Å². The highest BCUT2D eigenvalue weighted by Gasteiger charge is 2.24. The molecule has 0 bridgehead atoms. The summed E-state index contributed by atoms with van der Waals surface area (Å²) in [6, 6.07) is 4.34. The van der Waals surface area contributed by atoms with Gasteiger partial charge in [-0.3, -0.25) is 4.79 Å². The number of hydrogen-bond acceptors (Lipinski definition) is 5. The number of sulfonamides is 1. The normalized spacial score (nSPS) is 22.0. The maximum atomic E-state index is 12.3. The zero-order chi connectivity index (χ0) is 14.2. The van der Waals surface area contributed by atoms with Crippen LogP contribution in [0.1, 0.15) is 6.42 Å². The second-order valence-electron chi connectivity index (χ2n) is 4.81. The summed E-state index contributed by atoms with van der Waals surface area (Å²) in [6.07, 6.45) is 0.768. The molecule has 2 heterocycles. The van der Waals surface area contributed by atoms with Gasteiger partial charge in [-0.05, 0) is 31.2 Å². The molecule has 3 rings (SSSR count). The molecule has 1 amide bonds. The minimum atomic E-state index is -3.59. The monoisotopic (exact) mass is 297 g/mol. The Morgan fingerprint density at radius 3 is 2.95 bits per heavy atom. The average Bonchev–Trinajstić information content (AvgIpc) is 2.90. The highest BCUT2D eigenvalue weighted by molar-refractivity contribution is 7.89. The average molecular weight is 297 g/mol. The Hall–Kier alpha value is -1.64. The highest BCUT2D eigenvalue weighted by Crippen LogP contribution is 2.30. The van der Waals surface area contributed by atoms with Crippen molar-refractivity contribution in [1.29, 1.82) is 0 Å². The van der Waals surface area contributed by atoms with Crippen molar-refractivity contribution in [2.45, 2.75) is 17.4 Å². The molecule has 20 heavy (non-hydrogen) atoms. The third kappa shape index (κ3) is 2.62. The van der Waals surface area contributed by atoms with Crippen molar-refractivity contribution in [1.82, 2.24) is 10.0 Å². The summed E-state index contributed by atoms with van der Waals surface area (Å²) in [5, 5.41) is 5.70. The van der Waals surface area contributed by atoms with E-state index in [2.05, 4.69) is 15.4 Å². The van der Waals surface area contributed by atoms with E-state index in [9.17, 15) is 13.2 Å². The number of ether oxygens (including phenoxy) is 1. The van der Waals surface area contributed by atoms with Gasteiger partial charge in [-0.1, -0.05) is 0 Å². The zero-order valence-electron chi connectivity index (χ0n) is 10.7. The standard InChI is InChI=1S/C12H15N3O4S/c16-12-7-19-11-2-1-9(5-10(11)14-12)20(17,18)15-8-3-4-13-6-8/h1-2,5,8,13,15H,3-4,6-7H2,(H,14,16). The lowest BCUT2D eigenvalue weighted by molar-refractivity contribution is -0.118. The summed E-state index contributed by atoms with van der Waals surface area (Å²) in [7, 11) is -3.59. The van der Waals surface area contributed by atoms with Crippen LogP contribution in [-0.2, 0) is 14.8 Å². The Bertz CT molecular complexity index is 638. The van der Waals surface area contributed by atoms with Crippen LogP contribution in [0.25, 0.3) is 0 Å². The molecule has 8 heteroatoms. The molecule has 1 fully saturated rings. The molecule has 1 atom stereocenters. The largest absolute Gasteiger partial charge is 0.482 e. The van der Waals surface area contributed by atoms with Crippen LogP contribution in [0.4, 0.5) is 5.69 Å². The predicted molar refractivity (Wildman–Crippen MR) is 72.2 cm³/mol. The number of carbonyl (C=O) groups excluding carboxylic acids is 1. The van der Waals surface area contributed by atoms with Crippen molar-refractivity contribution in [2.75, 3.05) is 25.0 Å². The van der Waals surface area contributed by atoms with E-state index in [-0.39, 0.29) is 23.5 Å². The van der Waals surface area contributed by atoms with Gasteiger partial charge in [0.15, 0.2) is 6.61 Å². The first-order valence-electron chi connectivity index (χ1n) is 6.34. The Balaban J connectivity index is 1.85. The third-order valence-electron chi connectivity index (χ3n) is 3.28. The van der Waals surface area contributed by atoms with Crippen LogP contribution in [0.5, 0.6) is 5.75 Å². The van der Waals surface area contributed by atoms with E-state index in [4.69, 9.17) is 4.74 Å². The van der Waals surface area contributed by atoms with Gasteiger partial charge in [0.2, 0.25) is 10.0 Å². The molecule has 2 aliphatic heterocycles. The molecular formula is C12H15N3O4S. The van der Waals surface area contributed by atoms with E-state index < -0.39 is 10.0 Å². The number of hydrogen-bond donors (Lipinski definition) is 3. The number of benzene rings is 1. The zero-order valence-corrected chi connectivity index (χ0v) is 11.5. The molecule has 0 radical (unpaired) electrons. The van der Waals surface area contributed by atoms with Crippen molar-refractivity contribution >= 4 is 21.6 Å². The second kappa shape index (κ2) is 5.04. The quantitative estimate of drug-likeness (QED) is 0.709. The van der Waals surface area contributed by atoms with E-state index in [0.29, 0.717) is 18.0 Å². The van der Waals surface area contributed by atoms with Crippen LogP contribution in [0.2, 0.25) is 0 Å². The van der Waals surface area contributed by atoms with E-state index >= 15 is 0 Å². The smallest absolute Gasteiger partial charge is 0.262 e. The summed E-state index contributed by atoms with van der Waals surface area (Å²) in [5.74, 6) is 0.186. The fourth-order valence-electron chi connectivity index (χ4n) is 2.27. The summed E-state index contributed by atoms with van der Waals surface area (Å²) in [5.41, 5.74) is 0.383. The van der Waals surface area contributed by atoms with E-state index in [1.807, 2.05) is 0 Å². The summed E-state index contributed by atoms with van der Waals surface area (Å²) in [6.45, 7) is 1.39. The molecule has 3 N–H and O–H groups in total. The van der Waals surface area contributed by atoms with Crippen molar-refractivity contribution in [2.24, 2.45) is 0 Å². The Morgan fingerprint density at radius 1 is 1.35 bits per heavy atom. The number of nitrogens with one attached hydrogen (secondary N) is 3. The van der Waals surface area contributed by atoms with Gasteiger partial charge in [-0.25, -0.2) is 13.1 Å². The molecule has 0 aromatic heterocycles. The molecule has 1 unspecified atom stereocenters. The van der Waals surface area contributed by atoms with Crippen molar-refractivity contribution in [3.05, 3.63) is 18.2 Å². The van der Waals surface area contributed by atoms with Gasteiger partial charge in [0, 0.05) is 12.6 Å². The summed E-state index contributed by atoms with van der Waals surface area (Å²) < 4.78 is 32.4. The molecule has 0 spiro atoms. The number of amides is 1. The van der Waals surface area contributed by atoms with Gasteiger partial charge in [-0.2, -0.15) is 0 Å². The molecule has 2 aliphatic rings. The lowest BCUT2D eigenvalue weighted by Gasteiger charge is -2.19. The van der Waals surface area contributed by atoms with Gasteiger partial charge in [-0.15, -0.1) is 0 Å². The third-order valence-corrected chi connectivity index (χ3v) is 4.79. The van der Waals surface area contributed by atoms with E-state index in [1.54, 1.807) is 6.07 Å². The van der Waals surface area contributed by atoms with Crippen LogP contribution < -0.4 is 20.1 Å². The van der Waals surface area contributed by atoms with E-state index in [1.165, 1.54) is 12.1 Å². The van der Waals surface area contributed by atoms with Gasteiger partial charge < -0.3 is 15.4 Å². The molecule has 108 valence electrons. The molecule has 1 saturated heterocycles. The number of rotatable bonds is 3. The molecule has 0 aliphatic carbocycles. The summed E-state index contributed by atoms with van der Waals surface area (Å²) >= 11 is 0. The topological polar surface area (TPSA) is 96.5 Å². The SMILES string of the molecule is O=C1COc2ccc(S(=O)(=O)NC3CCNC3)cc2N1. The number of fused-ring (bicyclic) bond motifs is 1. The maximum absolute atomic E-state index is 12.3. The Morgan fingerprint density at radius 2 is 2.20 bits per heavy atom. The first kappa shape index (κ1) is 13.3. The molecular weight excluding hydrogens is 282 g/mol. The maximum Gasteiger partial charge on any atom is 0.262 e. The van der Waals surface area contributed by atoms with Gasteiger partial charge >= 0.3 is 0 Å². The van der Waals surface area contributed by atoms with Gasteiger partial charge in [0.05, 0.1) is 10.6 Å². The fourth-order valence-corrected chi connectivity index (χ4v) is 3.57. The Labute approximate surface area is 116 Å². The lowest BCUT2D eigenvalue weighted by Crippen LogP contribution is -2.36. The van der Waals surface area contributed by atoms with Crippen LogP contribution in [-0.4, -0.2) is 40.1 Å². The van der Waals surface area contributed by atoms with E-state index in [0.717, 1.165) is 13.0 Å². The number of anilines is 1. The minimum Gasteiger partial charge on any atom is -0.482 e. The fraction of sp³-hybridized carbons (Fsp3) is 0.417. The molecule has 1 aromatic carbocycles. The van der Waals surface area contributed by atoms with Crippen LogP contribution in [0.3, 0.4) is 0 Å². The summed E-state index contributed by atoms with van der Waals surface area (Å²) in [4.78, 5) is 11.4. The predicted octanol–water partition coefficient (Wildman–Crippen LogP) is -0.342. The van der Waals surface area contributed by atoms with Gasteiger partial charge in [0.1, 0.15) is 5.75 Å². The number of carbonyl (C=O) groups is 1. The highest BCUT2D eigenvalue weighted by atomic mass is 32.2. The first-order valence-corrected chi connectivity index (χ1v) is 7.83. The van der Waals surface area contributed by atoms with Crippen LogP contribution in [0.15, 0.2) is 23.1 Å².